The first-order valence-corrected chi connectivity index (χ1v) is 30.5. The van der Waals surface area contributed by atoms with Crippen LogP contribution in [-0.4, -0.2) is 215 Å². The molecule has 3 saturated heterocycles. The first-order valence-electron chi connectivity index (χ1n) is 30.5. The fourth-order valence-corrected chi connectivity index (χ4v) is 6.95. The molecule has 474 valence electrons. The number of ether oxygens (including phenoxy) is 8. The molecule has 0 aromatic carbocycles. The molecule has 3 fully saturated rings. The molecule has 0 spiro atoms. The molecule has 0 aromatic rings. The molecule has 3 heterocycles. The van der Waals surface area contributed by atoms with Crippen molar-refractivity contribution in [2.24, 2.45) is 11.5 Å². The van der Waals surface area contributed by atoms with Crippen LogP contribution in [0.25, 0.3) is 0 Å². The van der Waals surface area contributed by atoms with E-state index >= 15 is 0 Å². The van der Waals surface area contributed by atoms with Gasteiger partial charge in [0.15, 0.2) is 0 Å². The molecule has 16 nitrogen and oxygen atoms in total. The van der Waals surface area contributed by atoms with Gasteiger partial charge in [0.1, 0.15) is 5.67 Å². The third kappa shape index (κ3) is 76.9. The maximum absolute atomic E-state index is 13.5. The largest absolute Gasteiger partial charge is 0.396 e. The van der Waals surface area contributed by atoms with Gasteiger partial charge < -0.3 is 69.4 Å². The molecule has 17 heteroatoms. The van der Waals surface area contributed by atoms with Crippen LogP contribution < -0.4 is 11.5 Å². The third-order valence-corrected chi connectivity index (χ3v) is 11.6. The second-order valence-electron chi connectivity index (χ2n) is 24.2. The molecule has 0 aliphatic carbocycles. The van der Waals surface area contributed by atoms with Crippen LogP contribution in [0.5, 0.6) is 0 Å². The zero-order chi connectivity index (χ0) is 60.4. The summed E-state index contributed by atoms with van der Waals surface area (Å²) in [5.74, 6) is -0.310. The van der Waals surface area contributed by atoms with Crippen molar-refractivity contribution in [2.75, 3.05) is 125 Å². The molecule has 3 aliphatic heterocycles. The van der Waals surface area contributed by atoms with E-state index in [9.17, 15) is 14.3 Å². The van der Waals surface area contributed by atoms with Crippen molar-refractivity contribution in [3.63, 3.8) is 0 Å². The number of carbonyl (C=O) groups excluding carboxylic acids is 1. The van der Waals surface area contributed by atoms with Crippen LogP contribution in [0.15, 0.2) is 0 Å². The van der Waals surface area contributed by atoms with Gasteiger partial charge in [-0.05, 0) is 209 Å². The Morgan fingerprint density at radius 3 is 1.18 bits per heavy atom. The number of carbonyl (C=O) groups is 1. The Labute approximate surface area is 480 Å². The van der Waals surface area contributed by atoms with Crippen LogP contribution in [0.2, 0.25) is 0 Å². The lowest BCUT2D eigenvalue weighted by Crippen LogP contribution is -2.40. The van der Waals surface area contributed by atoms with Gasteiger partial charge in [-0.3, -0.25) is 9.69 Å². The van der Waals surface area contributed by atoms with E-state index in [1.54, 1.807) is 20.8 Å². The molecule has 78 heavy (non-hydrogen) atoms. The van der Waals surface area contributed by atoms with E-state index in [1.807, 2.05) is 69.2 Å². The Kier molecular flexibility index (Phi) is 57.5. The standard InChI is InChI=1S/C12H24FNO.C11H23NO.C10H21NO2.C8H19NO.C8H18O2.C6H13NO2.C6H14O2/c1-11(2)15-10-4-7-14-8-5-12(3,13)6-9-14;1-11(2)13-10-6-9-12-7-4-3-5-8-12;1-10(2)13-7-3-4-11-5-8-12-9-6-11;2*1-7(2)10-6-5-8(3,4)9;1-5(2)9-4-3-6(7)8;1-6(2)8-5-3-4-7/h11H,4-10H2,1-3H3;11H,3-10H2,1-2H3;10H,3-9H2,1-2H3;7H,5-6,9H2,1-4H3;7,9H,5-6H2,1-4H3;5H,3-4H2,1-2H3,(H2,7,8);6-7H,3-5H2,1-2H3. The van der Waals surface area contributed by atoms with Crippen LogP contribution in [-0.2, 0) is 42.7 Å². The van der Waals surface area contributed by atoms with Gasteiger partial charge in [0.2, 0.25) is 5.91 Å². The molecule has 0 radical (unpaired) electrons. The number of likely N-dealkylation sites (tertiary alicyclic amines) is 2. The lowest BCUT2D eigenvalue weighted by atomic mass is 9.96. The first-order chi connectivity index (χ1) is 36.3. The van der Waals surface area contributed by atoms with Crippen molar-refractivity contribution in [2.45, 2.75) is 268 Å². The number of piperidine rings is 2. The third-order valence-electron chi connectivity index (χ3n) is 11.6. The number of primary amides is 1. The summed E-state index contributed by atoms with van der Waals surface area (Å²) < 4.78 is 56.0. The maximum Gasteiger partial charge on any atom is 0.219 e. The summed E-state index contributed by atoms with van der Waals surface area (Å²) in [4.78, 5) is 17.5. The quantitative estimate of drug-likeness (QED) is 0.0479. The lowest BCUT2D eigenvalue weighted by Gasteiger charge is -2.34. The van der Waals surface area contributed by atoms with Crippen LogP contribution in [0.4, 0.5) is 4.39 Å². The highest BCUT2D eigenvalue weighted by Crippen LogP contribution is 2.25. The summed E-state index contributed by atoms with van der Waals surface area (Å²) in [5, 5.41) is 17.5. The second kappa shape index (κ2) is 53.8. The van der Waals surface area contributed by atoms with Gasteiger partial charge in [0, 0.05) is 104 Å². The van der Waals surface area contributed by atoms with Crippen LogP contribution >= 0.6 is 0 Å². The Hall–Kier alpha value is -1.16. The van der Waals surface area contributed by atoms with Crippen molar-refractivity contribution in [1.82, 2.24) is 14.7 Å². The zero-order valence-corrected chi connectivity index (χ0v) is 54.4. The van der Waals surface area contributed by atoms with Crippen molar-refractivity contribution in [3.05, 3.63) is 0 Å². The Bertz CT molecular complexity index is 1180. The van der Waals surface area contributed by atoms with Crippen molar-refractivity contribution < 1.29 is 57.3 Å². The second-order valence-corrected chi connectivity index (χ2v) is 24.2. The van der Waals surface area contributed by atoms with Crippen LogP contribution in [0, 0.1) is 0 Å². The fraction of sp³-hybridized carbons (Fsp3) is 0.984. The van der Waals surface area contributed by atoms with Crippen molar-refractivity contribution in [3.8, 4) is 0 Å². The Balaban J connectivity index is -0.000000414. The van der Waals surface area contributed by atoms with Gasteiger partial charge in [0.25, 0.3) is 0 Å². The predicted octanol–water partition coefficient (Wildman–Crippen LogP) is 10.2. The highest BCUT2D eigenvalue weighted by Gasteiger charge is 2.29. The number of hydrogen-bond acceptors (Lipinski definition) is 15. The summed E-state index contributed by atoms with van der Waals surface area (Å²) in [6.45, 7) is 54.8. The Morgan fingerprint density at radius 2 is 0.846 bits per heavy atom. The van der Waals surface area contributed by atoms with Gasteiger partial charge in [-0.2, -0.15) is 0 Å². The number of nitrogens with two attached hydrogens (primary N) is 2. The van der Waals surface area contributed by atoms with E-state index in [4.69, 9.17) is 54.5 Å². The lowest BCUT2D eigenvalue weighted by molar-refractivity contribution is -0.119. The fourth-order valence-electron chi connectivity index (χ4n) is 6.95. The molecule has 3 rings (SSSR count). The highest BCUT2D eigenvalue weighted by atomic mass is 19.1. The SMILES string of the molecule is CC(C)OCCC(C)(C)N.CC(C)OCCC(C)(C)O.CC(C)OCCC(N)=O.CC(C)OCCCN1CCC(C)(F)CC1.CC(C)OCCCN1CCCCC1.CC(C)OCCCN1CCOCC1.CC(C)OCCCO. The van der Waals surface area contributed by atoms with Crippen LogP contribution in [0.3, 0.4) is 0 Å². The highest BCUT2D eigenvalue weighted by molar-refractivity contribution is 5.73. The number of halogens is 1. The minimum Gasteiger partial charge on any atom is -0.396 e. The topological polar surface area (TPSA) is 193 Å². The monoisotopic (exact) mass is 1130 g/mol. The van der Waals surface area contributed by atoms with Gasteiger partial charge in [-0.25, -0.2) is 4.39 Å². The summed E-state index contributed by atoms with van der Waals surface area (Å²) in [7, 11) is 0. The summed E-state index contributed by atoms with van der Waals surface area (Å²) in [5.41, 5.74) is 9.00. The summed E-state index contributed by atoms with van der Waals surface area (Å²) in [6.07, 6.45) is 13.8. The van der Waals surface area contributed by atoms with E-state index in [0.29, 0.717) is 76.0 Å². The van der Waals surface area contributed by atoms with Crippen molar-refractivity contribution in [1.29, 1.82) is 0 Å². The van der Waals surface area contributed by atoms with E-state index < -0.39 is 11.3 Å². The molecule has 1 amide bonds. The number of alkyl halides is 1. The zero-order valence-electron chi connectivity index (χ0n) is 54.4. The number of aliphatic hydroxyl groups excluding tert-OH is 1. The Morgan fingerprint density at radius 1 is 0.526 bits per heavy atom. The minimum absolute atomic E-state index is 0.0884. The minimum atomic E-state index is -0.926. The molecule has 0 atom stereocenters. The predicted molar refractivity (Wildman–Crippen MR) is 324 cm³/mol. The number of rotatable bonds is 31. The average molecular weight is 1130 g/mol. The molecule has 0 bridgehead atoms. The van der Waals surface area contributed by atoms with E-state index in [-0.39, 0.29) is 30.3 Å². The smallest absolute Gasteiger partial charge is 0.219 e. The van der Waals surface area contributed by atoms with Gasteiger partial charge in [-0.15, -0.1) is 0 Å². The number of aliphatic hydroxyl groups is 2. The number of morpholine rings is 1. The average Bonchev–Trinajstić information content (AvgIpc) is 3.32. The first kappa shape index (κ1) is 83.3. The number of nitrogens with zero attached hydrogens (tertiary/aromatic N) is 3. The maximum atomic E-state index is 13.5. The molecule has 0 saturated carbocycles. The molecule has 6 N–H and O–H groups in total. The normalized spacial score (nSPS) is 16.3. The van der Waals surface area contributed by atoms with E-state index in [2.05, 4.69) is 56.2 Å². The van der Waals surface area contributed by atoms with E-state index in [0.717, 1.165) is 105 Å². The molecular formula is C61H132FN5O11. The summed E-state index contributed by atoms with van der Waals surface area (Å²) >= 11 is 0. The van der Waals surface area contributed by atoms with Gasteiger partial charge in [-0.1, -0.05) is 6.42 Å². The van der Waals surface area contributed by atoms with E-state index in [1.165, 1.54) is 45.3 Å². The molecule has 3 aliphatic rings. The van der Waals surface area contributed by atoms with Gasteiger partial charge >= 0.3 is 0 Å². The summed E-state index contributed by atoms with van der Waals surface area (Å²) in [6, 6.07) is 0. The number of amides is 1. The molecular weight excluding hydrogens is 998 g/mol. The van der Waals surface area contributed by atoms with Gasteiger partial charge in [0.05, 0.1) is 68.1 Å². The van der Waals surface area contributed by atoms with Crippen molar-refractivity contribution >= 4 is 5.91 Å². The molecule has 0 unspecified atom stereocenters. The number of hydrogen-bond donors (Lipinski definition) is 4. The van der Waals surface area contributed by atoms with Crippen LogP contribution in [0.1, 0.15) is 209 Å². The molecule has 0 aromatic heterocycles.